The number of nitrogens with one attached hydrogen (secondary N) is 1. The summed E-state index contributed by atoms with van der Waals surface area (Å²) in [6.45, 7) is 3.94. The molecule has 0 aromatic heterocycles. The van der Waals surface area contributed by atoms with Gasteiger partial charge < -0.3 is 45.8 Å². The van der Waals surface area contributed by atoms with Crippen molar-refractivity contribution >= 4 is 23.8 Å². The SMILES string of the molecule is CC(=O)N[C@@H]1C(O)O[C@H](CO)[C@@H](O)[C@@H]1O.CC(=O)O.CC(=O)O.CC(=O)O. The van der Waals surface area contributed by atoms with E-state index >= 15 is 0 Å². The minimum Gasteiger partial charge on any atom is -0.481 e. The summed E-state index contributed by atoms with van der Waals surface area (Å²) in [4.78, 5) is 37.7. The largest absolute Gasteiger partial charge is 0.481 e. The lowest BCUT2D eigenvalue weighted by atomic mass is 9.97. The van der Waals surface area contributed by atoms with Crippen LogP contribution in [-0.4, -0.2) is 96.8 Å². The van der Waals surface area contributed by atoms with Gasteiger partial charge in [0.2, 0.25) is 5.91 Å². The average Bonchev–Trinajstić information content (AvgIpc) is 2.45. The van der Waals surface area contributed by atoms with Crippen molar-refractivity contribution in [1.29, 1.82) is 0 Å². The number of aliphatic hydroxyl groups excluding tert-OH is 4. The number of carbonyl (C=O) groups is 4. The highest BCUT2D eigenvalue weighted by Gasteiger charge is 2.43. The van der Waals surface area contributed by atoms with Gasteiger partial charge in [-0.05, 0) is 0 Å². The van der Waals surface area contributed by atoms with Crippen molar-refractivity contribution in [1.82, 2.24) is 5.32 Å². The zero-order chi connectivity index (χ0) is 22.3. The average molecular weight is 401 g/mol. The van der Waals surface area contributed by atoms with E-state index in [9.17, 15) is 20.1 Å². The molecule has 13 heteroatoms. The molecule has 0 aliphatic carbocycles. The molecule has 160 valence electrons. The van der Waals surface area contributed by atoms with Gasteiger partial charge in [-0.15, -0.1) is 0 Å². The van der Waals surface area contributed by atoms with Crippen LogP contribution < -0.4 is 5.32 Å². The Morgan fingerprint density at radius 1 is 0.815 bits per heavy atom. The summed E-state index contributed by atoms with van der Waals surface area (Å²) >= 11 is 0. The molecule has 1 fully saturated rings. The van der Waals surface area contributed by atoms with Crippen molar-refractivity contribution in [3.05, 3.63) is 0 Å². The van der Waals surface area contributed by atoms with Gasteiger partial charge in [-0.1, -0.05) is 0 Å². The fraction of sp³-hybridized carbons (Fsp3) is 0.714. The van der Waals surface area contributed by atoms with Crippen molar-refractivity contribution in [3.63, 3.8) is 0 Å². The van der Waals surface area contributed by atoms with Gasteiger partial charge >= 0.3 is 0 Å². The first-order chi connectivity index (χ1) is 12.2. The molecule has 8 N–H and O–H groups in total. The molecule has 0 bridgehead atoms. The number of hydrogen-bond donors (Lipinski definition) is 8. The van der Waals surface area contributed by atoms with Gasteiger partial charge in [0.15, 0.2) is 6.29 Å². The van der Waals surface area contributed by atoms with E-state index in [1.165, 1.54) is 6.92 Å². The minimum atomic E-state index is -1.45. The summed E-state index contributed by atoms with van der Waals surface area (Å²) in [7, 11) is 0. The maximum Gasteiger partial charge on any atom is 0.300 e. The van der Waals surface area contributed by atoms with Crippen LogP contribution in [0.5, 0.6) is 0 Å². The Bertz CT molecular complexity index is 428. The Labute approximate surface area is 154 Å². The summed E-state index contributed by atoms with van der Waals surface area (Å²) < 4.78 is 4.81. The third-order valence-electron chi connectivity index (χ3n) is 2.27. The molecule has 0 aromatic rings. The number of carboxylic acids is 3. The second-order valence-corrected chi connectivity index (χ2v) is 5.01. The van der Waals surface area contributed by atoms with Gasteiger partial charge in [-0.25, -0.2) is 0 Å². The molecule has 0 aromatic carbocycles. The van der Waals surface area contributed by atoms with E-state index in [0.717, 1.165) is 20.8 Å². The molecule has 1 saturated heterocycles. The number of carboxylic acid groups (broad SMARTS) is 3. The van der Waals surface area contributed by atoms with Crippen LogP contribution in [0.3, 0.4) is 0 Å². The first kappa shape index (κ1) is 29.4. The van der Waals surface area contributed by atoms with Crippen molar-refractivity contribution in [2.45, 2.75) is 58.3 Å². The molecule has 1 unspecified atom stereocenters. The van der Waals surface area contributed by atoms with Gasteiger partial charge in [0.25, 0.3) is 17.9 Å². The Morgan fingerprint density at radius 2 is 1.15 bits per heavy atom. The highest BCUT2D eigenvalue weighted by Crippen LogP contribution is 2.19. The molecule has 1 rings (SSSR count). The number of hydrogen-bond acceptors (Lipinski definition) is 9. The summed E-state index contributed by atoms with van der Waals surface area (Å²) in [6.07, 6.45) is -5.24. The Hall–Kier alpha value is -2.32. The van der Waals surface area contributed by atoms with Crippen molar-refractivity contribution < 1.29 is 59.7 Å². The van der Waals surface area contributed by atoms with Gasteiger partial charge in [-0.3, -0.25) is 19.2 Å². The Morgan fingerprint density at radius 3 is 1.41 bits per heavy atom. The molecule has 27 heavy (non-hydrogen) atoms. The Kier molecular flexibility index (Phi) is 17.3. The molecule has 1 aliphatic rings. The van der Waals surface area contributed by atoms with Crippen molar-refractivity contribution in [2.24, 2.45) is 0 Å². The molecule has 1 amide bonds. The highest BCUT2D eigenvalue weighted by atomic mass is 16.6. The third-order valence-corrected chi connectivity index (χ3v) is 2.27. The number of aliphatic hydroxyl groups is 4. The lowest BCUT2D eigenvalue weighted by Crippen LogP contribution is -2.63. The summed E-state index contributed by atoms with van der Waals surface area (Å²) in [5.74, 6) is -2.96. The van der Waals surface area contributed by atoms with Gasteiger partial charge in [0.05, 0.1) is 6.61 Å². The summed E-state index contributed by atoms with van der Waals surface area (Å²) in [6, 6.07) is -1.10. The van der Waals surface area contributed by atoms with E-state index in [1.54, 1.807) is 0 Å². The zero-order valence-electron chi connectivity index (χ0n) is 15.3. The monoisotopic (exact) mass is 401 g/mol. The van der Waals surface area contributed by atoms with Crippen molar-refractivity contribution in [2.75, 3.05) is 6.61 Å². The van der Waals surface area contributed by atoms with Crippen LogP contribution in [0.1, 0.15) is 27.7 Å². The van der Waals surface area contributed by atoms with E-state index in [-0.39, 0.29) is 0 Å². The molecule has 0 spiro atoms. The smallest absolute Gasteiger partial charge is 0.300 e. The third kappa shape index (κ3) is 19.8. The van der Waals surface area contributed by atoms with E-state index in [4.69, 9.17) is 39.5 Å². The standard InChI is InChI=1S/C8H15NO6.3C2H4O2/c1-3(11)9-5-7(13)6(12)4(2-10)15-8(5)14;3*1-2(3)4/h4-8,10,12-14H,2H2,1H3,(H,9,11);3*1H3,(H,3,4)/t4-,5+,6-,7-,8?;;;/m1.../s1. The van der Waals surface area contributed by atoms with Gasteiger partial charge in [-0.2, -0.15) is 0 Å². The lowest BCUT2D eigenvalue weighted by molar-refractivity contribution is -0.253. The van der Waals surface area contributed by atoms with Crippen LogP contribution in [0.2, 0.25) is 0 Å². The Balaban J connectivity index is -0.000000394. The van der Waals surface area contributed by atoms with E-state index in [2.05, 4.69) is 5.32 Å². The molecule has 1 aliphatic heterocycles. The fourth-order valence-corrected chi connectivity index (χ4v) is 1.49. The zero-order valence-corrected chi connectivity index (χ0v) is 15.3. The molecule has 0 radical (unpaired) electrons. The summed E-state index contributed by atoms with van der Waals surface area (Å²) in [5, 5.41) is 61.6. The molecule has 5 atom stereocenters. The predicted octanol–water partition coefficient (Wildman–Crippen LogP) is -2.80. The maximum absolute atomic E-state index is 10.7. The van der Waals surface area contributed by atoms with Gasteiger partial charge in [0, 0.05) is 27.7 Å². The fourth-order valence-electron chi connectivity index (χ4n) is 1.49. The number of aliphatic carboxylic acids is 3. The van der Waals surface area contributed by atoms with Gasteiger partial charge in [0.1, 0.15) is 24.4 Å². The quantitative estimate of drug-likeness (QED) is 0.234. The number of rotatable bonds is 2. The lowest BCUT2D eigenvalue weighted by Gasteiger charge is -2.40. The normalized spacial score (nSPS) is 25.7. The number of amides is 1. The molecule has 13 nitrogen and oxygen atoms in total. The minimum absolute atomic E-state index is 0.462. The number of carbonyl (C=O) groups excluding carboxylic acids is 1. The van der Waals surface area contributed by atoms with E-state index in [1.807, 2.05) is 0 Å². The van der Waals surface area contributed by atoms with E-state index in [0.29, 0.717) is 0 Å². The van der Waals surface area contributed by atoms with Crippen LogP contribution in [0.4, 0.5) is 0 Å². The predicted molar refractivity (Wildman–Crippen MR) is 87.5 cm³/mol. The topological polar surface area (TPSA) is 231 Å². The second kappa shape index (κ2) is 15.9. The van der Waals surface area contributed by atoms with Crippen molar-refractivity contribution in [3.8, 4) is 0 Å². The highest BCUT2D eigenvalue weighted by molar-refractivity contribution is 5.73. The van der Waals surface area contributed by atoms with Crippen LogP contribution in [0.25, 0.3) is 0 Å². The second-order valence-electron chi connectivity index (χ2n) is 5.01. The van der Waals surface area contributed by atoms with Crippen LogP contribution in [-0.2, 0) is 23.9 Å². The molecule has 1 heterocycles. The van der Waals surface area contributed by atoms with Crippen LogP contribution in [0, 0.1) is 0 Å². The first-order valence-corrected chi connectivity index (χ1v) is 7.33. The molecule has 0 saturated carbocycles. The molecular formula is C14H27NO12. The number of ether oxygens (including phenoxy) is 1. The maximum atomic E-state index is 10.7. The summed E-state index contributed by atoms with van der Waals surface area (Å²) in [5.41, 5.74) is 0. The van der Waals surface area contributed by atoms with E-state index < -0.39 is 61.1 Å². The molecular weight excluding hydrogens is 374 g/mol. The van der Waals surface area contributed by atoms with Crippen LogP contribution >= 0.6 is 0 Å². The van der Waals surface area contributed by atoms with Crippen LogP contribution in [0.15, 0.2) is 0 Å². The first-order valence-electron chi connectivity index (χ1n) is 7.33.